The van der Waals surface area contributed by atoms with Crippen molar-refractivity contribution < 1.29 is 29.3 Å². The molecule has 0 fully saturated rings. The molecule has 1 aliphatic heterocycles. The lowest BCUT2D eigenvalue weighted by molar-refractivity contribution is -0.160. The van der Waals surface area contributed by atoms with E-state index in [0.717, 1.165) is 17.1 Å². The van der Waals surface area contributed by atoms with E-state index in [-0.39, 0.29) is 33.0 Å². The van der Waals surface area contributed by atoms with Crippen LogP contribution in [0.1, 0.15) is 0 Å². The molecule has 1 rings (SSSR count). The van der Waals surface area contributed by atoms with Gasteiger partial charge in [0, 0.05) is 12.2 Å². The van der Waals surface area contributed by atoms with Gasteiger partial charge in [0.2, 0.25) is 0 Å². The van der Waals surface area contributed by atoms with Crippen LogP contribution in [0.15, 0.2) is 12.2 Å². The van der Waals surface area contributed by atoms with Crippen LogP contribution in [0.3, 0.4) is 0 Å². The van der Waals surface area contributed by atoms with E-state index in [1.165, 1.54) is 0 Å². The maximum absolute atomic E-state index is 11.4. The normalized spacial score (nSPS) is 16.9. The number of imide groups is 1. The van der Waals surface area contributed by atoms with Crippen molar-refractivity contribution in [2.24, 2.45) is 0 Å². The molecule has 0 aromatic carbocycles. The van der Waals surface area contributed by atoms with Crippen molar-refractivity contribution in [3.05, 3.63) is 12.2 Å². The first-order valence-electron chi connectivity index (χ1n) is 5.17. The minimum absolute atomic E-state index is 0.00971. The van der Waals surface area contributed by atoms with E-state index in [4.69, 9.17) is 19.7 Å². The maximum Gasteiger partial charge on any atom is 0.255 e. The van der Waals surface area contributed by atoms with E-state index in [9.17, 15) is 9.59 Å². The standard InChI is InChI=1S/C10H15NO6/c12-3-5-16-7-10(17-6-4-13)11-8(14)1-2-9(11)15/h1-2,10,12-13H,3-7H2. The Morgan fingerprint density at radius 1 is 1.12 bits per heavy atom. The zero-order valence-electron chi connectivity index (χ0n) is 9.24. The number of nitrogens with zero attached hydrogens (tertiary/aromatic N) is 1. The molecule has 1 heterocycles. The number of amides is 2. The molecule has 0 spiro atoms. The van der Waals surface area contributed by atoms with Gasteiger partial charge in [0.15, 0.2) is 6.23 Å². The van der Waals surface area contributed by atoms with Gasteiger partial charge in [0.05, 0.1) is 33.0 Å². The lowest BCUT2D eigenvalue weighted by atomic mass is 10.4. The number of carbonyl (C=O) groups is 2. The number of rotatable bonds is 8. The van der Waals surface area contributed by atoms with Crippen LogP contribution >= 0.6 is 0 Å². The Morgan fingerprint density at radius 3 is 2.24 bits per heavy atom. The molecule has 2 amide bonds. The summed E-state index contributed by atoms with van der Waals surface area (Å²) in [6, 6.07) is 0. The van der Waals surface area contributed by atoms with Crippen molar-refractivity contribution in [1.82, 2.24) is 4.90 Å². The minimum Gasteiger partial charge on any atom is -0.394 e. The van der Waals surface area contributed by atoms with Gasteiger partial charge < -0.3 is 19.7 Å². The van der Waals surface area contributed by atoms with Gasteiger partial charge in [-0.05, 0) is 0 Å². The molecule has 0 saturated carbocycles. The fraction of sp³-hybridized carbons (Fsp3) is 0.600. The van der Waals surface area contributed by atoms with E-state index < -0.39 is 18.0 Å². The monoisotopic (exact) mass is 245 g/mol. The molecule has 2 N–H and O–H groups in total. The third-order valence-electron chi connectivity index (χ3n) is 2.03. The fourth-order valence-corrected chi connectivity index (χ4v) is 1.33. The van der Waals surface area contributed by atoms with E-state index in [2.05, 4.69) is 0 Å². The third kappa shape index (κ3) is 3.90. The Kier molecular flexibility index (Phi) is 5.78. The van der Waals surface area contributed by atoms with Crippen LogP contribution in [0.4, 0.5) is 0 Å². The second-order valence-corrected chi connectivity index (χ2v) is 3.23. The summed E-state index contributed by atoms with van der Waals surface area (Å²) in [5.41, 5.74) is 0. The van der Waals surface area contributed by atoms with Gasteiger partial charge in [0.25, 0.3) is 11.8 Å². The third-order valence-corrected chi connectivity index (χ3v) is 2.03. The largest absolute Gasteiger partial charge is 0.394 e. The summed E-state index contributed by atoms with van der Waals surface area (Å²) < 4.78 is 10.2. The summed E-state index contributed by atoms with van der Waals surface area (Å²) >= 11 is 0. The average molecular weight is 245 g/mol. The van der Waals surface area contributed by atoms with Crippen molar-refractivity contribution in [3.63, 3.8) is 0 Å². The summed E-state index contributed by atoms with van der Waals surface area (Å²) in [6.07, 6.45) is 1.40. The van der Waals surface area contributed by atoms with Crippen LogP contribution in [0.5, 0.6) is 0 Å². The summed E-state index contributed by atoms with van der Waals surface area (Å²) in [5, 5.41) is 17.2. The first kappa shape index (κ1) is 13.8. The molecule has 0 radical (unpaired) electrons. The molecule has 7 nitrogen and oxygen atoms in total. The second-order valence-electron chi connectivity index (χ2n) is 3.23. The first-order valence-corrected chi connectivity index (χ1v) is 5.17. The van der Waals surface area contributed by atoms with Crippen LogP contribution in [0, 0.1) is 0 Å². The van der Waals surface area contributed by atoms with Gasteiger partial charge in [0.1, 0.15) is 0 Å². The van der Waals surface area contributed by atoms with Crippen LogP contribution in [0.2, 0.25) is 0 Å². The SMILES string of the molecule is O=C1C=CC(=O)N1C(COCCO)OCCO. The lowest BCUT2D eigenvalue weighted by Gasteiger charge is -2.25. The van der Waals surface area contributed by atoms with Gasteiger partial charge in [-0.3, -0.25) is 9.59 Å². The smallest absolute Gasteiger partial charge is 0.255 e. The molecule has 96 valence electrons. The molecule has 7 heteroatoms. The highest BCUT2D eigenvalue weighted by molar-refractivity contribution is 6.13. The molecule has 0 aromatic heterocycles. The topological polar surface area (TPSA) is 96.3 Å². The molecule has 0 bridgehead atoms. The van der Waals surface area contributed by atoms with E-state index in [1.807, 2.05) is 0 Å². The molecule has 1 aliphatic rings. The zero-order valence-corrected chi connectivity index (χ0v) is 9.24. The quantitative estimate of drug-likeness (QED) is 0.389. The maximum atomic E-state index is 11.4. The Hall–Kier alpha value is -1.28. The summed E-state index contributed by atoms with van der Waals surface area (Å²) in [6.45, 7) is -0.348. The molecule has 0 aromatic rings. The van der Waals surface area contributed by atoms with Crippen molar-refractivity contribution in [3.8, 4) is 0 Å². The Bertz CT molecular complexity index is 285. The molecule has 1 unspecified atom stereocenters. The van der Waals surface area contributed by atoms with Gasteiger partial charge in [-0.2, -0.15) is 0 Å². The average Bonchev–Trinajstić information content (AvgIpc) is 2.64. The fourth-order valence-electron chi connectivity index (χ4n) is 1.33. The minimum atomic E-state index is -0.885. The predicted molar refractivity (Wildman–Crippen MR) is 55.7 cm³/mol. The number of carbonyl (C=O) groups excluding carboxylic acids is 2. The number of ether oxygens (including phenoxy) is 2. The van der Waals surface area contributed by atoms with E-state index >= 15 is 0 Å². The summed E-state index contributed by atoms with van der Waals surface area (Å²) in [7, 11) is 0. The number of hydrogen-bond donors (Lipinski definition) is 2. The van der Waals surface area contributed by atoms with Gasteiger partial charge in [-0.1, -0.05) is 0 Å². The molecule has 0 saturated heterocycles. The van der Waals surface area contributed by atoms with Crippen molar-refractivity contribution >= 4 is 11.8 Å². The molecule has 17 heavy (non-hydrogen) atoms. The summed E-state index contributed by atoms with van der Waals surface area (Å²) in [4.78, 5) is 23.7. The molecular weight excluding hydrogens is 230 g/mol. The Labute approximate surface area is 98.2 Å². The van der Waals surface area contributed by atoms with Gasteiger partial charge in [-0.25, -0.2) is 4.90 Å². The molecule has 1 atom stereocenters. The van der Waals surface area contributed by atoms with Gasteiger partial charge >= 0.3 is 0 Å². The first-order chi connectivity index (χ1) is 8.20. The van der Waals surface area contributed by atoms with Gasteiger partial charge in [-0.15, -0.1) is 0 Å². The van der Waals surface area contributed by atoms with Crippen LogP contribution < -0.4 is 0 Å². The van der Waals surface area contributed by atoms with Crippen molar-refractivity contribution in [2.75, 3.05) is 33.0 Å². The van der Waals surface area contributed by atoms with Crippen LogP contribution in [-0.4, -0.2) is 66.2 Å². The highest BCUT2D eigenvalue weighted by Gasteiger charge is 2.31. The van der Waals surface area contributed by atoms with E-state index in [0.29, 0.717) is 0 Å². The zero-order chi connectivity index (χ0) is 12.7. The lowest BCUT2D eigenvalue weighted by Crippen LogP contribution is -2.45. The number of aliphatic hydroxyl groups excluding tert-OH is 2. The number of hydrogen-bond acceptors (Lipinski definition) is 6. The number of aliphatic hydroxyl groups is 2. The highest BCUT2D eigenvalue weighted by atomic mass is 16.6. The van der Waals surface area contributed by atoms with Crippen molar-refractivity contribution in [1.29, 1.82) is 0 Å². The predicted octanol–water partition coefficient (Wildman–Crippen LogP) is -1.74. The second kappa shape index (κ2) is 7.13. The van der Waals surface area contributed by atoms with E-state index in [1.54, 1.807) is 0 Å². The Morgan fingerprint density at radius 2 is 1.71 bits per heavy atom. The highest BCUT2D eigenvalue weighted by Crippen LogP contribution is 2.11. The Balaban J connectivity index is 2.55. The van der Waals surface area contributed by atoms with Crippen LogP contribution in [-0.2, 0) is 19.1 Å². The van der Waals surface area contributed by atoms with Crippen molar-refractivity contribution in [2.45, 2.75) is 6.23 Å². The molecule has 0 aliphatic carbocycles. The summed E-state index contributed by atoms with van der Waals surface area (Å²) in [5.74, 6) is -0.962. The molecular formula is C10H15NO6. The van der Waals surface area contributed by atoms with Crippen LogP contribution in [0.25, 0.3) is 0 Å².